The molecule has 0 amide bonds. The molecule has 0 N–H and O–H groups in total. The molecule has 19 heavy (non-hydrogen) atoms. The smallest absolute Gasteiger partial charge is 0.308 e. The minimum Gasteiger partial charge on any atom is -0.469 e. The highest BCUT2D eigenvalue weighted by molar-refractivity contribution is 5.72. The van der Waals surface area contributed by atoms with E-state index in [1.807, 2.05) is 18.2 Å². The van der Waals surface area contributed by atoms with Crippen molar-refractivity contribution in [3.8, 4) is 0 Å². The molecule has 0 bridgehead atoms. The summed E-state index contributed by atoms with van der Waals surface area (Å²) in [7, 11) is 1.46. The molecule has 1 aliphatic rings. The van der Waals surface area contributed by atoms with E-state index in [9.17, 15) is 4.79 Å². The van der Waals surface area contributed by atoms with Crippen molar-refractivity contribution in [2.45, 2.75) is 38.2 Å². The molecule has 0 heterocycles. The van der Waals surface area contributed by atoms with Crippen LogP contribution < -0.4 is 0 Å². The van der Waals surface area contributed by atoms with E-state index in [2.05, 4.69) is 12.1 Å². The molecular weight excluding hydrogens is 240 g/mol. The van der Waals surface area contributed by atoms with Gasteiger partial charge in [-0.3, -0.25) is 4.79 Å². The Morgan fingerprint density at radius 3 is 2.79 bits per heavy atom. The first-order valence-corrected chi connectivity index (χ1v) is 7.03. The lowest BCUT2D eigenvalue weighted by Crippen LogP contribution is -2.29. The number of hydrogen-bond donors (Lipinski definition) is 0. The van der Waals surface area contributed by atoms with Crippen LogP contribution in [0.25, 0.3) is 0 Å². The van der Waals surface area contributed by atoms with Gasteiger partial charge in [-0.15, -0.1) is 0 Å². The van der Waals surface area contributed by atoms with Crippen LogP contribution in [0.3, 0.4) is 0 Å². The zero-order chi connectivity index (χ0) is 13.5. The first-order chi connectivity index (χ1) is 9.29. The quantitative estimate of drug-likeness (QED) is 0.765. The van der Waals surface area contributed by atoms with Gasteiger partial charge in [0.1, 0.15) is 0 Å². The van der Waals surface area contributed by atoms with Crippen molar-refractivity contribution in [3.63, 3.8) is 0 Å². The highest BCUT2D eigenvalue weighted by atomic mass is 16.5. The first-order valence-electron chi connectivity index (χ1n) is 7.03. The zero-order valence-corrected chi connectivity index (χ0v) is 11.5. The summed E-state index contributed by atoms with van der Waals surface area (Å²) in [5.74, 6) is -0.0585. The average Bonchev–Trinajstić information content (AvgIpc) is 2.48. The van der Waals surface area contributed by atoms with Gasteiger partial charge in [0, 0.05) is 0 Å². The highest BCUT2D eigenvalue weighted by Crippen LogP contribution is 2.27. The third-order valence-electron chi connectivity index (χ3n) is 3.75. The maximum atomic E-state index is 11.5. The van der Waals surface area contributed by atoms with Crippen LogP contribution in [0.1, 0.15) is 31.2 Å². The SMILES string of the molecule is COC(=O)[C@@H]1CCC[C@@H](OCCc2ccccc2)C1. The van der Waals surface area contributed by atoms with E-state index in [1.54, 1.807) is 0 Å². The maximum Gasteiger partial charge on any atom is 0.308 e. The van der Waals surface area contributed by atoms with Crippen LogP contribution in [0.15, 0.2) is 30.3 Å². The van der Waals surface area contributed by atoms with Crippen LogP contribution in [-0.4, -0.2) is 25.8 Å². The Bertz CT molecular complexity index is 388. The summed E-state index contributed by atoms with van der Waals surface area (Å²) in [4.78, 5) is 11.5. The number of benzene rings is 1. The summed E-state index contributed by atoms with van der Waals surface area (Å²) in [5.41, 5.74) is 1.29. The molecule has 1 aliphatic carbocycles. The van der Waals surface area contributed by atoms with E-state index >= 15 is 0 Å². The van der Waals surface area contributed by atoms with E-state index < -0.39 is 0 Å². The number of carbonyl (C=O) groups is 1. The molecule has 1 saturated carbocycles. The lowest BCUT2D eigenvalue weighted by molar-refractivity contribution is -0.148. The van der Waals surface area contributed by atoms with Gasteiger partial charge in [0.05, 0.1) is 25.7 Å². The Kier molecular flexibility index (Phi) is 5.40. The van der Waals surface area contributed by atoms with Gasteiger partial charge in [0.2, 0.25) is 0 Å². The molecule has 1 aromatic carbocycles. The number of esters is 1. The Balaban J connectivity index is 1.72. The summed E-state index contributed by atoms with van der Waals surface area (Å²) in [6.45, 7) is 0.725. The zero-order valence-electron chi connectivity index (χ0n) is 11.5. The Hall–Kier alpha value is -1.35. The number of methoxy groups -OCH3 is 1. The average molecular weight is 262 g/mol. The molecule has 1 aromatic rings. The molecule has 0 saturated heterocycles. The minimum absolute atomic E-state index is 0.0282. The molecule has 0 aromatic heterocycles. The van der Waals surface area contributed by atoms with Gasteiger partial charge in [0.25, 0.3) is 0 Å². The number of rotatable bonds is 5. The molecule has 3 nitrogen and oxygen atoms in total. The van der Waals surface area contributed by atoms with Crippen molar-refractivity contribution >= 4 is 5.97 Å². The number of hydrogen-bond acceptors (Lipinski definition) is 3. The second kappa shape index (κ2) is 7.29. The molecule has 0 radical (unpaired) electrons. The molecule has 104 valence electrons. The molecular formula is C16H22O3. The predicted molar refractivity (Wildman–Crippen MR) is 73.9 cm³/mol. The fraction of sp³-hybridized carbons (Fsp3) is 0.562. The molecule has 2 rings (SSSR count). The van der Waals surface area contributed by atoms with Gasteiger partial charge < -0.3 is 9.47 Å². The lowest BCUT2D eigenvalue weighted by Gasteiger charge is -2.27. The largest absolute Gasteiger partial charge is 0.469 e. The lowest BCUT2D eigenvalue weighted by atomic mass is 9.87. The van der Waals surface area contributed by atoms with Gasteiger partial charge in [-0.25, -0.2) is 0 Å². The van der Waals surface area contributed by atoms with Crippen molar-refractivity contribution in [2.24, 2.45) is 5.92 Å². The molecule has 3 heteroatoms. The second-order valence-corrected chi connectivity index (χ2v) is 5.12. The normalized spacial score (nSPS) is 23.0. The fourth-order valence-electron chi connectivity index (χ4n) is 2.67. The van der Waals surface area contributed by atoms with Crippen LogP contribution in [0, 0.1) is 5.92 Å². The van der Waals surface area contributed by atoms with Crippen molar-refractivity contribution in [1.82, 2.24) is 0 Å². The van der Waals surface area contributed by atoms with Crippen molar-refractivity contribution in [2.75, 3.05) is 13.7 Å². The van der Waals surface area contributed by atoms with Crippen molar-refractivity contribution < 1.29 is 14.3 Å². The number of carbonyl (C=O) groups excluding carboxylic acids is 1. The molecule has 1 fully saturated rings. The third kappa shape index (κ3) is 4.35. The van der Waals surface area contributed by atoms with Gasteiger partial charge in [0.15, 0.2) is 0 Å². The van der Waals surface area contributed by atoms with Crippen molar-refractivity contribution in [1.29, 1.82) is 0 Å². The minimum atomic E-state index is -0.0867. The predicted octanol–water partition coefficient (Wildman–Crippen LogP) is 2.98. The summed E-state index contributed by atoms with van der Waals surface area (Å²) in [6.07, 6.45) is 4.99. The van der Waals surface area contributed by atoms with Crippen LogP contribution >= 0.6 is 0 Å². The standard InChI is InChI=1S/C16H22O3/c1-18-16(17)14-8-5-9-15(12-14)19-11-10-13-6-3-2-4-7-13/h2-4,6-7,14-15H,5,8-12H2,1H3/t14-,15-/m1/s1. The Labute approximate surface area is 114 Å². The van der Waals surface area contributed by atoms with E-state index in [1.165, 1.54) is 12.7 Å². The van der Waals surface area contributed by atoms with E-state index in [4.69, 9.17) is 9.47 Å². The monoisotopic (exact) mass is 262 g/mol. The summed E-state index contributed by atoms with van der Waals surface area (Å²) < 4.78 is 10.7. The van der Waals surface area contributed by atoms with Crippen LogP contribution in [-0.2, 0) is 20.7 Å². The summed E-state index contributed by atoms with van der Waals surface area (Å²) in [6, 6.07) is 10.3. The second-order valence-electron chi connectivity index (χ2n) is 5.12. The molecule has 0 aliphatic heterocycles. The molecule has 0 spiro atoms. The van der Waals surface area contributed by atoms with E-state index in [0.717, 1.165) is 38.7 Å². The topological polar surface area (TPSA) is 35.5 Å². The first kappa shape index (κ1) is 14.1. The highest BCUT2D eigenvalue weighted by Gasteiger charge is 2.28. The van der Waals surface area contributed by atoms with Gasteiger partial charge in [-0.05, 0) is 31.2 Å². The van der Waals surface area contributed by atoms with Crippen molar-refractivity contribution in [3.05, 3.63) is 35.9 Å². The fourth-order valence-corrected chi connectivity index (χ4v) is 2.67. The van der Waals surface area contributed by atoms with E-state index in [0.29, 0.717) is 0 Å². The third-order valence-corrected chi connectivity index (χ3v) is 3.75. The molecule has 2 atom stereocenters. The molecule has 0 unspecified atom stereocenters. The van der Waals surface area contributed by atoms with E-state index in [-0.39, 0.29) is 18.0 Å². The Morgan fingerprint density at radius 2 is 2.05 bits per heavy atom. The maximum absolute atomic E-state index is 11.5. The van der Waals surface area contributed by atoms with Gasteiger partial charge >= 0.3 is 5.97 Å². The van der Waals surface area contributed by atoms with Gasteiger partial charge in [-0.1, -0.05) is 36.8 Å². The summed E-state index contributed by atoms with van der Waals surface area (Å²) >= 11 is 0. The van der Waals surface area contributed by atoms with Crippen LogP contribution in [0.4, 0.5) is 0 Å². The number of ether oxygens (including phenoxy) is 2. The van der Waals surface area contributed by atoms with Crippen LogP contribution in [0.5, 0.6) is 0 Å². The Morgan fingerprint density at radius 1 is 1.26 bits per heavy atom. The van der Waals surface area contributed by atoms with Gasteiger partial charge in [-0.2, -0.15) is 0 Å². The van der Waals surface area contributed by atoms with Crippen LogP contribution in [0.2, 0.25) is 0 Å². The summed E-state index contributed by atoms with van der Waals surface area (Å²) in [5, 5.41) is 0.